The Hall–Kier alpha value is -3.07. The highest BCUT2D eigenvalue weighted by atomic mass is 19.1. The van der Waals surface area contributed by atoms with Gasteiger partial charge in [0.1, 0.15) is 24.0 Å². The molecule has 2 aliphatic heterocycles. The maximum absolute atomic E-state index is 13.5. The predicted octanol–water partition coefficient (Wildman–Crippen LogP) is 3.38. The number of nitrogens with zero attached hydrogens (tertiary/aromatic N) is 2. The molecule has 1 amide bonds. The van der Waals surface area contributed by atoms with Crippen molar-refractivity contribution in [1.82, 2.24) is 4.90 Å². The summed E-state index contributed by atoms with van der Waals surface area (Å²) in [7, 11) is 0. The van der Waals surface area contributed by atoms with E-state index in [-0.39, 0.29) is 12.4 Å². The molecule has 5 nitrogen and oxygen atoms in total. The molecule has 0 radical (unpaired) electrons. The Morgan fingerprint density at radius 3 is 2.92 bits per heavy atom. The van der Waals surface area contributed by atoms with Crippen LogP contribution in [0.2, 0.25) is 0 Å². The first-order valence-electron chi connectivity index (χ1n) is 8.09. The fraction of sp³-hybridized carbons (Fsp3) is 0.263. The molecule has 0 aromatic heterocycles. The molecule has 0 aliphatic carbocycles. The van der Waals surface area contributed by atoms with Crippen LogP contribution in [0.3, 0.4) is 0 Å². The average molecular weight is 337 g/mol. The molecule has 1 saturated heterocycles. The number of rotatable bonds is 2. The molecule has 2 heterocycles. The minimum Gasteiger partial charge on any atom is -0.444 e. The number of benzene rings is 2. The number of hydrogen-bond donors (Lipinski definition) is 1. The number of halogens is 1. The van der Waals surface area contributed by atoms with E-state index < -0.39 is 17.7 Å². The summed E-state index contributed by atoms with van der Waals surface area (Å²) in [5, 5.41) is 12.9. The highest BCUT2D eigenvalue weighted by molar-refractivity contribution is 5.74. The monoisotopic (exact) mass is 337 g/mol. The lowest BCUT2D eigenvalue weighted by atomic mass is 9.81. The number of carbonyl (C=O) groups excluding carboxylic acids is 1. The minimum absolute atomic E-state index is 0.171. The second kappa shape index (κ2) is 5.78. The maximum atomic E-state index is 13.5. The van der Waals surface area contributed by atoms with Crippen LogP contribution in [0, 0.1) is 17.1 Å². The Balaban J connectivity index is 1.54. The van der Waals surface area contributed by atoms with Crippen LogP contribution in [0.4, 0.5) is 14.9 Å². The molecule has 6 heteroatoms. The molecule has 0 bridgehead atoms. The van der Waals surface area contributed by atoms with E-state index in [0.717, 1.165) is 11.1 Å². The number of hydrogen-bond acceptors (Lipinski definition) is 4. The molecule has 2 aliphatic rings. The number of nitriles is 1. The van der Waals surface area contributed by atoms with Crippen LogP contribution < -0.4 is 5.32 Å². The number of fused-ring (bicyclic) bond motifs is 3. The second-order valence-corrected chi connectivity index (χ2v) is 6.30. The Kier molecular flexibility index (Phi) is 3.57. The summed E-state index contributed by atoms with van der Waals surface area (Å²) < 4.78 is 18.9. The van der Waals surface area contributed by atoms with Crippen molar-refractivity contribution < 1.29 is 13.9 Å². The van der Waals surface area contributed by atoms with Crippen LogP contribution in [0.15, 0.2) is 48.5 Å². The van der Waals surface area contributed by atoms with Gasteiger partial charge in [-0.25, -0.2) is 9.18 Å². The zero-order valence-corrected chi connectivity index (χ0v) is 13.4. The summed E-state index contributed by atoms with van der Waals surface area (Å²) in [4.78, 5) is 14.0. The standard InChI is InChI=1S/C19H16FN3O2/c20-14-6-7-15-16(10-14)22-17-19(15,12-21)8-9-23(17)18(24)25-11-13-4-2-1-3-5-13/h1-7,10,17,22H,8-9,11H2/t17-,19+/m0/s1. The van der Waals surface area contributed by atoms with Gasteiger partial charge in [-0.05, 0) is 29.7 Å². The first-order valence-corrected chi connectivity index (χ1v) is 8.09. The van der Waals surface area contributed by atoms with Gasteiger partial charge in [0.05, 0.1) is 6.07 Å². The van der Waals surface area contributed by atoms with Crippen LogP contribution in [0.25, 0.3) is 0 Å². The lowest BCUT2D eigenvalue weighted by molar-refractivity contribution is 0.0935. The first kappa shape index (κ1) is 15.5. The lowest BCUT2D eigenvalue weighted by Crippen LogP contribution is -2.45. The highest BCUT2D eigenvalue weighted by Gasteiger charge is 2.56. The molecule has 126 valence electrons. The first-order chi connectivity index (χ1) is 12.1. The Bertz CT molecular complexity index is 865. The van der Waals surface area contributed by atoms with E-state index in [0.29, 0.717) is 18.7 Å². The normalized spacial score (nSPS) is 23.4. The van der Waals surface area contributed by atoms with Crippen molar-refractivity contribution in [2.45, 2.75) is 24.6 Å². The van der Waals surface area contributed by atoms with Gasteiger partial charge in [-0.2, -0.15) is 5.26 Å². The van der Waals surface area contributed by atoms with Crippen LogP contribution >= 0.6 is 0 Å². The maximum Gasteiger partial charge on any atom is 0.411 e. The summed E-state index contributed by atoms with van der Waals surface area (Å²) in [6.07, 6.45) is -0.537. The molecule has 2 atom stereocenters. The van der Waals surface area contributed by atoms with E-state index in [9.17, 15) is 14.4 Å². The SMILES string of the molecule is N#C[C@@]12CCN(C(=O)OCc3ccccc3)[C@@H]1Nc1cc(F)ccc12. The van der Waals surface area contributed by atoms with Crippen LogP contribution in [0.1, 0.15) is 17.5 Å². The van der Waals surface area contributed by atoms with Crippen molar-refractivity contribution in [1.29, 1.82) is 5.26 Å². The zero-order valence-electron chi connectivity index (χ0n) is 13.4. The third-order valence-corrected chi connectivity index (χ3v) is 4.92. The molecule has 0 unspecified atom stereocenters. The van der Waals surface area contributed by atoms with Crippen LogP contribution in [0.5, 0.6) is 0 Å². The molecule has 2 aromatic rings. The van der Waals surface area contributed by atoms with Gasteiger partial charge < -0.3 is 10.1 Å². The van der Waals surface area contributed by atoms with E-state index >= 15 is 0 Å². The van der Waals surface area contributed by atoms with Gasteiger partial charge in [-0.1, -0.05) is 36.4 Å². The number of amides is 1. The third kappa shape index (κ3) is 2.40. The van der Waals surface area contributed by atoms with E-state index in [1.807, 2.05) is 30.3 Å². The van der Waals surface area contributed by atoms with Gasteiger partial charge in [0.15, 0.2) is 0 Å². The fourth-order valence-corrected chi connectivity index (χ4v) is 3.66. The predicted molar refractivity (Wildman–Crippen MR) is 89.1 cm³/mol. The molecule has 0 spiro atoms. The van der Waals surface area contributed by atoms with Crippen molar-refractivity contribution in [3.8, 4) is 6.07 Å². The molecule has 2 aromatic carbocycles. The van der Waals surface area contributed by atoms with E-state index in [2.05, 4.69) is 11.4 Å². The number of likely N-dealkylation sites (tertiary alicyclic amines) is 1. The molecule has 1 fully saturated rings. The summed E-state index contributed by atoms with van der Waals surface area (Å²) in [5.74, 6) is -0.377. The smallest absolute Gasteiger partial charge is 0.411 e. The van der Waals surface area contributed by atoms with Gasteiger partial charge >= 0.3 is 6.09 Å². The molecule has 1 N–H and O–H groups in total. The topological polar surface area (TPSA) is 65.4 Å². The Morgan fingerprint density at radius 1 is 1.36 bits per heavy atom. The Labute approximate surface area is 144 Å². The third-order valence-electron chi connectivity index (χ3n) is 4.92. The van der Waals surface area contributed by atoms with E-state index in [4.69, 9.17) is 4.74 Å². The van der Waals surface area contributed by atoms with Gasteiger partial charge in [0.2, 0.25) is 0 Å². The van der Waals surface area contributed by atoms with Gasteiger partial charge in [-0.3, -0.25) is 4.90 Å². The van der Waals surface area contributed by atoms with Gasteiger partial charge in [0.25, 0.3) is 0 Å². The summed E-state index contributed by atoms with van der Waals surface area (Å²) in [5.41, 5.74) is 1.33. The van der Waals surface area contributed by atoms with Gasteiger partial charge in [-0.15, -0.1) is 0 Å². The highest BCUT2D eigenvalue weighted by Crippen LogP contribution is 2.48. The van der Waals surface area contributed by atoms with E-state index in [1.165, 1.54) is 17.0 Å². The van der Waals surface area contributed by atoms with Crippen LogP contribution in [-0.2, 0) is 16.8 Å². The number of nitrogens with one attached hydrogen (secondary N) is 1. The zero-order chi connectivity index (χ0) is 17.4. The molecule has 4 rings (SSSR count). The van der Waals surface area contributed by atoms with Crippen molar-refractivity contribution in [2.24, 2.45) is 0 Å². The van der Waals surface area contributed by atoms with Crippen molar-refractivity contribution in [3.05, 3.63) is 65.5 Å². The quantitative estimate of drug-likeness (QED) is 0.912. The molecular weight excluding hydrogens is 321 g/mol. The van der Waals surface area contributed by atoms with Crippen molar-refractivity contribution in [2.75, 3.05) is 11.9 Å². The minimum atomic E-state index is -0.866. The molecular formula is C19H16FN3O2. The number of anilines is 1. The van der Waals surface area contributed by atoms with E-state index in [1.54, 1.807) is 6.07 Å². The van der Waals surface area contributed by atoms with Crippen LogP contribution in [-0.4, -0.2) is 23.7 Å². The Morgan fingerprint density at radius 2 is 2.16 bits per heavy atom. The summed E-state index contributed by atoms with van der Waals surface area (Å²) in [6, 6.07) is 16.1. The van der Waals surface area contributed by atoms with Crippen molar-refractivity contribution in [3.63, 3.8) is 0 Å². The van der Waals surface area contributed by atoms with Crippen molar-refractivity contribution >= 4 is 11.8 Å². The molecule has 25 heavy (non-hydrogen) atoms. The summed E-state index contributed by atoms with van der Waals surface area (Å²) in [6.45, 7) is 0.583. The van der Waals surface area contributed by atoms with Gasteiger partial charge in [0, 0.05) is 12.2 Å². The number of ether oxygens (including phenoxy) is 1. The molecule has 0 saturated carbocycles. The number of carbonyl (C=O) groups is 1. The largest absolute Gasteiger partial charge is 0.444 e. The second-order valence-electron chi connectivity index (χ2n) is 6.30. The fourth-order valence-electron chi connectivity index (χ4n) is 3.66. The summed E-state index contributed by atoms with van der Waals surface area (Å²) >= 11 is 0. The lowest BCUT2D eigenvalue weighted by Gasteiger charge is -2.27. The average Bonchev–Trinajstić information content (AvgIpc) is 3.14.